The Balaban J connectivity index is 4.98. The van der Waals surface area contributed by atoms with Gasteiger partial charge in [-0.25, -0.2) is 4.79 Å². The van der Waals surface area contributed by atoms with Crippen LogP contribution in [0.2, 0.25) is 0 Å². The quantitative estimate of drug-likeness (QED) is 0.586. The predicted octanol–water partition coefficient (Wildman–Crippen LogP) is -1.17. The van der Waals surface area contributed by atoms with Crippen molar-refractivity contribution in [3.8, 4) is 0 Å². The molecule has 0 radical (unpaired) electrons. The SMILES string of the molecule is [2H]CC(=O)N(C(=O)C[2H])[C@@H](CO)C(=O)O. The highest BCUT2D eigenvalue weighted by molar-refractivity contribution is 5.97. The molecule has 0 aromatic rings. The van der Waals surface area contributed by atoms with Crippen LogP contribution in [-0.2, 0) is 14.4 Å². The number of aliphatic hydroxyl groups is 1. The molecule has 0 fully saturated rings. The number of carbonyl (C=O) groups excluding carboxylic acids is 2. The van der Waals surface area contributed by atoms with Gasteiger partial charge in [0.2, 0.25) is 11.8 Å². The molecule has 74 valence electrons. The summed E-state index contributed by atoms with van der Waals surface area (Å²) in [5, 5.41) is 17.3. The lowest BCUT2D eigenvalue weighted by Crippen LogP contribution is -2.48. The lowest BCUT2D eigenvalue weighted by atomic mass is 10.2. The number of hydrogen-bond acceptors (Lipinski definition) is 4. The topological polar surface area (TPSA) is 94.9 Å². The first-order valence-corrected chi connectivity index (χ1v) is 3.26. The van der Waals surface area contributed by atoms with Crippen LogP contribution >= 0.6 is 0 Å². The molecule has 2 amide bonds. The maximum absolute atomic E-state index is 11.1. The Kier molecular flexibility index (Phi) is 2.87. The first-order chi connectivity index (χ1) is 6.99. The number of carbonyl (C=O) groups is 3. The van der Waals surface area contributed by atoms with E-state index >= 15 is 0 Å². The van der Waals surface area contributed by atoms with Crippen molar-refractivity contribution in [2.24, 2.45) is 0 Å². The van der Waals surface area contributed by atoms with Gasteiger partial charge in [-0.05, 0) is 0 Å². The van der Waals surface area contributed by atoms with Crippen molar-refractivity contribution < 1.29 is 27.3 Å². The fraction of sp³-hybridized carbons (Fsp3) is 0.571. The number of nitrogens with zero attached hydrogens (tertiary/aromatic N) is 1. The van der Waals surface area contributed by atoms with Crippen LogP contribution < -0.4 is 0 Å². The molecule has 0 aliphatic heterocycles. The third kappa shape index (κ3) is 2.83. The van der Waals surface area contributed by atoms with Crippen molar-refractivity contribution in [3.05, 3.63) is 0 Å². The molecule has 1 atom stereocenters. The van der Waals surface area contributed by atoms with E-state index in [1.807, 2.05) is 0 Å². The summed E-state index contributed by atoms with van der Waals surface area (Å²) >= 11 is 0. The Hall–Kier alpha value is -1.43. The zero-order chi connectivity index (χ0) is 12.0. The molecule has 13 heavy (non-hydrogen) atoms. The molecule has 6 nitrogen and oxygen atoms in total. The van der Waals surface area contributed by atoms with E-state index in [1.54, 1.807) is 0 Å². The number of hydrogen-bond donors (Lipinski definition) is 2. The van der Waals surface area contributed by atoms with E-state index in [-0.39, 0.29) is 4.90 Å². The van der Waals surface area contributed by atoms with Crippen LogP contribution in [0.5, 0.6) is 0 Å². The van der Waals surface area contributed by atoms with E-state index in [0.717, 1.165) is 0 Å². The van der Waals surface area contributed by atoms with Gasteiger partial charge in [0.25, 0.3) is 0 Å². The van der Waals surface area contributed by atoms with Gasteiger partial charge in [-0.3, -0.25) is 14.5 Å². The number of imide groups is 1. The van der Waals surface area contributed by atoms with Crippen molar-refractivity contribution in [3.63, 3.8) is 0 Å². The number of carboxylic acid groups (broad SMARTS) is 1. The summed E-state index contributed by atoms with van der Waals surface area (Å²) in [6.45, 7) is -2.56. The number of carboxylic acids is 1. The van der Waals surface area contributed by atoms with Gasteiger partial charge in [0.15, 0.2) is 6.04 Å². The minimum Gasteiger partial charge on any atom is -0.480 e. The van der Waals surface area contributed by atoms with Gasteiger partial charge in [-0.1, -0.05) is 0 Å². The summed E-state index contributed by atoms with van der Waals surface area (Å²) in [5.41, 5.74) is 0. The summed E-state index contributed by atoms with van der Waals surface area (Å²) in [7, 11) is 0. The summed E-state index contributed by atoms with van der Waals surface area (Å²) in [5.74, 6) is -3.65. The second kappa shape index (κ2) is 4.56. The van der Waals surface area contributed by atoms with Gasteiger partial charge in [-0.2, -0.15) is 0 Å². The van der Waals surface area contributed by atoms with Gasteiger partial charge in [0.05, 0.1) is 6.61 Å². The average molecular weight is 191 g/mol. The molecule has 0 aromatic heterocycles. The van der Waals surface area contributed by atoms with Crippen LogP contribution in [0.1, 0.15) is 16.5 Å². The lowest BCUT2D eigenvalue weighted by Gasteiger charge is -2.22. The summed E-state index contributed by atoms with van der Waals surface area (Å²) in [6, 6.07) is -1.72. The average Bonchev–Trinajstić information content (AvgIpc) is 2.23. The maximum atomic E-state index is 11.1. The molecule has 0 bridgehead atoms. The van der Waals surface area contributed by atoms with Gasteiger partial charge in [0.1, 0.15) is 0 Å². The number of amides is 2. The van der Waals surface area contributed by atoms with E-state index in [4.69, 9.17) is 13.0 Å². The molecule has 0 saturated carbocycles. The molecular formula is C7H11NO5. The largest absolute Gasteiger partial charge is 0.480 e. The highest BCUT2D eigenvalue weighted by Gasteiger charge is 2.29. The molecule has 0 aromatic carbocycles. The number of aliphatic hydroxyl groups excluding tert-OH is 1. The number of aliphatic carboxylic acids is 1. The Labute approximate surface area is 77.6 Å². The van der Waals surface area contributed by atoms with Crippen LogP contribution in [-0.4, -0.2) is 45.5 Å². The molecule has 6 heteroatoms. The molecule has 2 N–H and O–H groups in total. The van der Waals surface area contributed by atoms with Crippen LogP contribution in [0, 0.1) is 0 Å². The lowest BCUT2D eigenvalue weighted by molar-refractivity contribution is -0.158. The van der Waals surface area contributed by atoms with Crippen molar-refractivity contribution >= 4 is 17.8 Å². The normalized spacial score (nSPS) is 13.9. The smallest absolute Gasteiger partial charge is 0.329 e. The van der Waals surface area contributed by atoms with E-state index in [0.29, 0.717) is 0 Å². The highest BCUT2D eigenvalue weighted by atomic mass is 16.4. The second-order valence-corrected chi connectivity index (χ2v) is 2.19. The maximum Gasteiger partial charge on any atom is 0.329 e. The summed E-state index contributed by atoms with van der Waals surface area (Å²) < 4.78 is 13.5. The van der Waals surface area contributed by atoms with Crippen LogP contribution in [0.25, 0.3) is 0 Å². The van der Waals surface area contributed by atoms with E-state index in [2.05, 4.69) is 0 Å². The molecule has 0 saturated heterocycles. The standard InChI is InChI=1S/C7H11NO5/c1-4(10)8(5(2)11)6(3-9)7(12)13/h6,9H,3H2,1-2H3,(H,12,13)/t6-/m0/s1/i1D,2D. The Morgan fingerprint density at radius 1 is 1.38 bits per heavy atom. The molecular weight excluding hydrogens is 178 g/mol. The highest BCUT2D eigenvalue weighted by Crippen LogP contribution is 2.00. The predicted molar refractivity (Wildman–Crippen MR) is 41.7 cm³/mol. The summed E-state index contributed by atoms with van der Waals surface area (Å²) in [4.78, 5) is 33.0. The van der Waals surface area contributed by atoms with Gasteiger partial charge >= 0.3 is 5.97 Å². The fourth-order valence-corrected chi connectivity index (χ4v) is 0.757. The first kappa shape index (κ1) is 8.18. The van der Waals surface area contributed by atoms with Crippen molar-refractivity contribution in [1.29, 1.82) is 0 Å². The molecule has 0 rings (SSSR count). The second-order valence-electron chi connectivity index (χ2n) is 2.19. The third-order valence-electron chi connectivity index (χ3n) is 1.31. The van der Waals surface area contributed by atoms with E-state index in [9.17, 15) is 14.4 Å². The Bertz CT molecular complexity index is 254. The molecule has 0 aliphatic rings. The van der Waals surface area contributed by atoms with Crippen molar-refractivity contribution in [1.82, 2.24) is 4.90 Å². The summed E-state index contributed by atoms with van der Waals surface area (Å²) in [6.07, 6.45) is 0. The molecule has 0 unspecified atom stereocenters. The fourth-order valence-electron chi connectivity index (χ4n) is 0.757. The third-order valence-corrected chi connectivity index (χ3v) is 1.31. The van der Waals surface area contributed by atoms with E-state index in [1.165, 1.54) is 0 Å². The monoisotopic (exact) mass is 191 g/mol. The van der Waals surface area contributed by atoms with Gasteiger partial charge in [-0.15, -0.1) is 0 Å². The number of rotatable bonds is 3. The van der Waals surface area contributed by atoms with Crippen LogP contribution in [0.4, 0.5) is 0 Å². The zero-order valence-electron chi connectivity index (χ0n) is 8.77. The van der Waals surface area contributed by atoms with Crippen LogP contribution in [0.3, 0.4) is 0 Å². The minimum atomic E-state index is -1.72. The minimum absolute atomic E-state index is 0.238. The Morgan fingerprint density at radius 2 is 1.85 bits per heavy atom. The molecule has 0 aliphatic carbocycles. The van der Waals surface area contributed by atoms with Crippen LogP contribution in [0.15, 0.2) is 0 Å². The van der Waals surface area contributed by atoms with Crippen molar-refractivity contribution in [2.45, 2.75) is 19.8 Å². The molecule has 0 spiro atoms. The first-order valence-electron chi connectivity index (χ1n) is 4.68. The van der Waals surface area contributed by atoms with E-state index < -0.39 is 44.2 Å². The van der Waals surface area contributed by atoms with Gasteiger partial charge in [0, 0.05) is 16.5 Å². The molecule has 0 heterocycles. The zero-order valence-corrected chi connectivity index (χ0v) is 6.77. The Morgan fingerprint density at radius 3 is 2.08 bits per heavy atom. The van der Waals surface area contributed by atoms with Gasteiger partial charge < -0.3 is 10.2 Å². The van der Waals surface area contributed by atoms with Crippen molar-refractivity contribution in [2.75, 3.05) is 6.61 Å².